The molecule has 2 heterocycles. The van der Waals surface area contributed by atoms with Gasteiger partial charge in [0.25, 0.3) is 0 Å². The van der Waals surface area contributed by atoms with E-state index < -0.39 is 0 Å². The van der Waals surface area contributed by atoms with Gasteiger partial charge in [-0.1, -0.05) is 6.92 Å². The molecule has 4 heteroatoms. The second-order valence-corrected chi connectivity index (χ2v) is 3.72. The molecule has 2 aromatic heterocycles. The van der Waals surface area contributed by atoms with Gasteiger partial charge in [0.15, 0.2) is 0 Å². The Balaban J connectivity index is 2.23. The molecule has 0 aliphatic rings. The maximum absolute atomic E-state index is 4.25. The van der Waals surface area contributed by atoms with Crippen LogP contribution in [0.4, 0.5) is 0 Å². The van der Waals surface area contributed by atoms with Crippen molar-refractivity contribution in [3.05, 3.63) is 24.0 Å². The van der Waals surface area contributed by atoms with E-state index in [9.17, 15) is 0 Å². The summed E-state index contributed by atoms with van der Waals surface area (Å²) < 4.78 is 1.96. The van der Waals surface area contributed by atoms with Crippen molar-refractivity contribution in [2.24, 2.45) is 0 Å². The summed E-state index contributed by atoms with van der Waals surface area (Å²) in [6.45, 7) is 3.12. The SMILES string of the molecule is CCCn1cc(-c2nccs2)cn1. The molecular weight excluding hydrogens is 182 g/mol. The van der Waals surface area contributed by atoms with Gasteiger partial charge in [-0.05, 0) is 6.42 Å². The topological polar surface area (TPSA) is 30.7 Å². The molecule has 3 nitrogen and oxygen atoms in total. The molecule has 0 N–H and O–H groups in total. The van der Waals surface area contributed by atoms with Crippen LogP contribution in [0.25, 0.3) is 10.6 Å². The van der Waals surface area contributed by atoms with Crippen LogP contribution in [-0.2, 0) is 6.54 Å². The summed E-state index contributed by atoms with van der Waals surface area (Å²) >= 11 is 1.64. The molecule has 0 spiro atoms. The van der Waals surface area contributed by atoms with Crippen molar-refractivity contribution >= 4 is 11.3 Å². The van der Waals surface area contributed by atoms with Crippen molar-refractivity contribution in [2.45, 2.75) is 19.9 Å². The standard InChI is InChI=1S/C9H11N3S/c1-2-4-12-7-8(6-11-12)9-10-3-5-13-9/h3,5-7H,2,4H2,1H3. The third kappa shape index (κ3) is 1.78. The van der Waals surface area contributed by atoms with Gasteiger partial charge < -0.3 is 0 Å². The van der Waals surface area contributed by atoms with Gasteiger partial charge >= 0.3 is 0 Å². The molecule has 0 saturated heterocycles. The molecule has 0 bridgehead atoms. The Morgan fingerprint density at radius 1 is 1.54 bits per heavy atom. The highest BCUT2D eigenvalue weighted by Crippen LogP contribution is 2.20. The minimum Gasteiger partial charge on any atom is -0.272 e. The zero-order valence-corrected chi connectivity index (χ0v) is 8.29. The molecule has 0 unspecified atom stereocenters. The van der Waals surface area contributed by atoms with E-state index in [2.05, 4.69) is 17.0 Å². The fourth-order valence-electron chi connectivity index (χ4n) is 1.19. The fraction of sp³-hybridized carbons (Fsp3) is 0.333. The van der Waals surface area contributed by atoms with E-state index in [0.717, 1.165) is 23.5 Å². The molecule has 2 aromatic rings. The summed E-state index contributed by atoms with van der Waals surface area (Å²) in [6.07, 6.45) is 6.84. The first kappa shape index (κ1) is 8.44. The molecule has 0 fully saturated rings. The Hall–Kier alpha value is -1.16. The van der Waals surface area contributed by atoms with Crippen LogP contribution in [0.2, 0.25) is 0 Å². The van der Waals surface area contributed by atoms with Gasteiger partial charge in [-0.25, -0.2) is 4.98 Å². The number of aryl methyl sites for hydroxylation is 1. The smallest absolute Gasteiger partial charge is 0.126 e. The second-order valence-electron chi connectivity index (χ2n) is 2.83. The third-order valence-corrected chi connectivity index (χ3v) is 2.59. The molecule has 0 aliphatic heterocycles. The minimum absolute atomic E-state index is 0.978. The summed E-state index contributed by atoms with van der Waals surface area (Å²) in [5, 5.41) is 7.27. The van der Waals surface area contributed by atoms with Gasteiger partial charge in [-0.15, -0.1) is 11.3 Å². The molecule has 0 aromatic carbocycles. The lowest BCUT2D eigenvalue weighted by molar-refractivity contribution is 0.603. The maximum atomic E-state index is 4.25. The van der Waals surface area contributed by atoms with Crippen LogP contribution in [0, 0.1) is 0 Å². The largest absolute Gasteiger partial charge is 0.272 e. The first-order chi connectivity index (χ1) is 6.40. The predicted octanol–water partition coefficient (Wildman–Crippen LogP) is 2.42. The molecule has 0 saturated carbocycles. The number of thiazole rings is 1. The van der Waals surface area contributed by atoms with Crippen molar-refractivity contribution in [3.63, 3.8) is 0 Å². The maximum Gasteiger partial charge on any atom is 0.126 e. The first-order valence-electron chi connectivity index (χ1n) is 4.32. The van der Waals surface area contributed by atoms with Crippen molar-refractivity contribution in [1.82, 2.24) is 14.8 Å². The third-order valence-electron chi connectivity index (χ3n) is 1.77. The average molecular weight is 193 g/mol. The molecule has 0 atom stereocenters. The van der Waals surface area contributed by atoms with Crippen LogP contribution in [0.3, 0.4) is 0 Å². The number of hydrogen-bond donors (Lipinski definition) is 0. The molecule has 0 amide bonds. The quantitative estimate of drug-likeness (QED) is 0.749. The zero-order valence-electron chi connectivity index (χ0n) is 7.47. The first-order valence-corrected chi connectivity index (χ1v) is 5.20. The van der Waals surface area contributed by atoms with E-state index in [4.69, 9.17) is 0 Å². The highest BCUT2D eigenvalue weighted by atomic mass is 32.1. The molecule has 68 valence electrons. The van der Waals surface area contributed by atoms with Crippen LogP contribution in [0.5, 0.6) is 0 Å². The Kier molecular flexibility index (Phi) is 2.40. The van der Waals surface area contributed by atoms with E-state index >= 15 is 0 Å². The lowest BCUT2D eigenvalue weighted by atomic mass is 10.4. The number of hydrogen-bond acceptors (Lipinski definition) is 3. The number of nitrogens with zero attached hydrogens (tertiary/aromatic N) is 3. The van der Waals surface area contributed by atoms with Crippen LogP contribution in [0.15, 0.2) is 24.0 Å². The monoisotopic (exact) mass is 193 g/mol. The van der Waals surface area contributed by atoms with Gasteiger partial charge in [0.2, 0.25) is 0 Å². The fourth-order valence-corrected chi connectivity index (χ4v) is 1.81. The molecule has 2 rings (SSSR count). The molecular formula is C9H11N3S. The highest BCUT2D eigenvalue weighted by Gasteiger charge is 2.02. The van der Waals surface area contributed by atoms with Gasteiger partial charge in [0, 0.05) is 29.9 Å². The summed E-state index contributed by atoms with van der Waals surface area (Å²) in [5.74, 6) is 0. The summed E-state index contributed by atoms with van der Waals surface area (Å²) in [4.78, 5) is 4.23. The van der Waals surface area contributed by atoms with E-state index in [0.29, 0.717) is 0 Å². The van der Waals surface area contributed by atoms with Crippen molar-refractivity contribution in [2.75, 3.05) is 0 Å². The van der Waals surface area contributed by atoms with Gasteiger partial charge in [-0.2, -0.15) is 5.10 Å². The lowest BCUT2D eigenvalue weighted by Crippen LogP contribution is -1.95. The van der Waals surface area contributed by atoms with E-state index in [1.54, 1.807) is 11.3 Å². The van der Waals surface area contributed by atoms with Crippen LogP contribution in [-0.4, -0.2) is 14.8 Å². The van der Waals surface area contributed by atoms with E-state index in [-0.39, 0.29) is 0 Å². The van der Waals surface area contributed by atoms with Crippen molar-refractivity contribution in [1.29, 1.82) is 0 Å². The summed E-state index contributed by atoms with van der Waals surface area (Å²) in [5.41, 5.74) is 1.11. The van der Waals surface area contributed by atoms with Crippen LogP contribution >= 0.6 is 11.3 Å². The normalized spacial score (nSPS) is 10.5. The molecule has 0 aliphatic carbocycles. The average Bonchev–Trinajstić information content (AvgIpc) is 2.70. The Labute approximate surface area is 81.1 Å². The minimum atomic E-state index is 0.978. The van der Waals surface area contributed by atoms with Gasteiger partial charge in [0.1, 0.15) is 5.01 Å². The number of rotatable bonds is 3. The highest BCUT2D eigenvalue weighted by molar-refractivity contribution is 7.13. The lowest BCUT2D eigenvalue weighted by Gasteiger charge is -1.94. The number of aromatic nitrogens is 3. The summed E-state index contributed by atoms with van der Waals surface area (Å²) in [7, 11) is 0. The van der Waals surface area contributed by atoms with Crippen LogP contribution in [0.1, 0.15) is 13.3 Å². The predicted molar refractivity (Wildman–Crippen MR) is 53.6 cm³/mol. The second kappa shape index (κ2) is 3.70. The van der Waals surface area contributed by atoms with Gasteiger partial charge in [0.05, 0.1) is 6.20 Å². The van der Waals surface area contributed by atoms with Crippen molar-refractivity contribution < 1.29 is 0 Å². The Bertz CT molecular complexity index is 364. The Morgan fingerprint density at radius 3 is 3.15 bits per heavy atom. The summed E-state index contributed by atoms with van der Waals surface area (Å²) in [6, 6.07) is 0. The van der Waals surface area contributed by atoms with E-state index in [1.165, 1.54) is 0 Å². The zero-order chi connectivity index (χ0) is 9.10. The van der Waals surface area contributed by atoms with Gasteiger partial charge in [-0.3, -0.25) is 4.68 Å². The Morgan fingerprint density at radius 2 is 2.46 bits per heavy atom. The molecule has 0 radical (unpaired) electrons. The van der Waals surface area contributed by atoms with Crippen LogP contribution < -0.4 is 0 Å². The van der Waals surface area contributed by atoms with E-state index in [1.807, 2.05) is 28.7 Å². The molecule has 13 heavy (non-hydrogen) atoms. The van der Waals surface area contributed by atoms with Crippen molar-refractivity contribution in [3.8, 4) is 10.6 Å².